The number of halogens is 1. The molecule has 2 nitrogen and oxygen atoms in total. The van der Waals surface area contributed by atoms with Crippen LogP contribution in [-0.4, -0.2) is 13.1 Å². The van der Waals surface area contributed by atoms with Crippen LogP contribution in [0.5, 0.6) is 0 Å². The van der Waals surface area contributed by atoms with Crippen molar-refractivity contribution in [3.63, 3.8) is 0 Å². The molecule has 56 valence electrons. The smallest absolute Gasteiger partial charge is 0.334 e. The number of hydrogen-bond donors (Lipinski definition) is 0. The Kier molecular flexibility index (Phi) is 2.71. The molecule has 1 rings (SSSR count). The Labute approximate surface area is 73.8 Å². The molecule has 0 atom stereocenters. The Morgan fingerprint density at radius 1 is 1.70 bits per heavy atom. The van der Waals surface area contributed by atoms with E-state index in [1.807, 2.05) is 4.08 Å². The van der Waals surface area contributed by atoms with E-state index >= 15 is 0 Å². The third-order valence-electron chi connectivity index (χ3n) is 1.56. The van der Waals surface area contributed by atoms with E-state index in [4.69, 9.17) is 0 Å². The van der Waals surface area contributed by atoms with Crippen LogP contribution in [0.1, 0.15) is 12.8 Å². The van der Waals surface area contributed by atoms with Crippen molar-refractivity contribution in [3.05, 3.63) is 9.66 Å². The Bertz CT molecular complexity index is 170. The van der Waals surface area contributed by atoms with Crippen molar-refractivity contribution in [1.82, 2.24) is 0 Å². The van der Waals surface area contributed by atoms with Gasteiger partial charge in [-0.1, -0.05) is 22.6 Å². The largest absolute Gasteiger partial charge is 0.466 e. The van der Waals surface area contributed by atoms with Crippen molar-refractivity contribution < 1.29 is 9.53 Å². The number of carbonyl (C=O) groups excluding carboxylic acids is 1. The third-order valence-corrected chi connectivity index (χ3v) is 2.23. The summed E-state index contributed by atoms with van der Waals surface area (Å²) >= 11 is 2.08. The zero-order valence-corrected chi connectivity index (χ0v) is 7.92. The average Bonchev–Trinajstić information content (AvgIpc) is 2.73. The van der Waals surface area contributed by atoms with Gasteiger partial charge in [-0.15, -0.1) is 0 Å². The van der Waals surface area contributed by atoms with E-state index in [-0.39, 0.29) is 5.97 Å². The molecular weight excluding hydrogens is 243 g/mol. The van der Waals surface area contributed by atoms with E-state index in [1.165, 1.54) is 7.11 Å². The van der Waals surface area contributed by atoms with Gasteiger partial charge in [0.15, 0.2) is 0 Å². The molecule has 0 unspecified atom stereocenters. The maximum atomic E-state index is 10.9. The molecule has 0 aliphatic heterocycles. The van der Waals surface area contributed by atoms with Gasteiger partial charge in [0.1, 0.15) is 0 Å². The Balaban J connectivity index is 2.56. The van der Waals surface area contributed by atoms with Gasteiger partial charge >= 0.3 is 5.97 Å². The zero-order chi connectivity index (χ0) is 7.56. The normalized spacial score (nSPS) is 18.8. The predicted molar refractivity (Wildman–Crippen MR) is 46.8 cm³/mol. The highest BCUT2D eigenvalue weighted by Crippen LogP contribution is 2.37. The Morgan fingerprint density at radius 2 is 2.30 bits per heavy atom. The van der Waals surface area contributed by atoms with E-state index in [2.05, 4.69) is 27.3 Å². The molecule has 0 aromatic heterocycles. The molecular formula is C7H9IO2. The summed E-state index contributed by atoms with van der Waals surface area (Å²) in [5, 5.41) is 0. The fraction of sp³-hybridized carbons (Fsp3) is 0.571. The minimum Gasteiger partial charge on any atom is -0.466 e. The summed E-state index contributed by atoms with van der Waals surface area (Å²) in [4.78, 5) is 10.9. The van der Waals surface area contributed by atoms with E-state index in [1.54, 1.807) is 0 Å². The van der Waals surface area contributed by atoms with Gasteiger partial charge < -0.3 is 4.74 Å². The average molecular weight is 252 g/mol. The van der Waals surface area contributed by atoms with E-state index in [0.717, 1.165) is 18.4 Å². The van der Waals surface area contributed by atoms with Gasteiger partial charge in [-0.2, -0.15) is 0 Å². The van der Waals surface area contributed by atoms with Crippen molar-refractivity contribution in [2.75, 3.05) is 7.11 Å². The fourth-order valence-electron chi connectivity index (χ4n) is 0.812. The molecule has 0 amide bonds. The van der Waals surface area contributed by atoms with E-state index < -0.39 is 0 Å². The minimum absolute atomic E-state index is 0.170. The summed E-state index contributed by atoms with van der Waals surface area (Å²) in [6.45, 7) is 0. The van der Waals surface area contributed by atoms with Gasteiger partial charge in [0.25, 0.3) is 0 Å². The molecule has 1 aliphatic carbocycles. The van der Waals surface area contributed by atoms with E-state index in [0.29, 0.717) is 5.92 Å². The van der Waals surface area contributed by atoms with Crippen LogP contribution in [0, 0.1) is 5.92 Å². The highest BCUT2D eigenvalue weighted by Gasteiger charge is 2.30. The minimum atomic E-state index is -0.170. The number of ether oxygens (including phenoxy) is 1. The highest BCUT2D eigenvalue weighted by molar-refractivity contribution is 14.1. The molecule has 3 heteroatoms. The third kappa shape index (κ3) is 1.71. The van der Waals surface area contributed by atoms with Crippen molar-refractivity contribution >= 4 is 28.6 Å². The quantitative estimate of drug-likeness (QED) is 0.426. The molecule has 0 aromatic carbocycles. The number of rotatable bonds is 2. The second kappa shape index (κ2) is 3.37. The van der Waals surface area contributed by atoms with Gasteiger partial charge in [0, 0.05) is 5.57 Å². The first-order chi connectivity index (χ1) is 4.79. The molecule has 10 heavy (non-hydrogen) atoms. The Hall–Kier alpha value is -0.0600. The van der Waals surface area contributed by atoms with Crippen LogP contribution in [0.15, 0.2) is 9.66 Å². The molecule has 0 spiro atoms. The van der Waals surface area contributed by atoms with Crippen molar-refractivity contribution in [2.24, 2.45) is 5.92 Å². The van der Waals surface area contributed by atoms with Crippen molar-refractivity contribution in [1.29, 1.82) is 0 Å². The van der Waals surface area contributed by atoms with Crippen LogP contribution >= 0.6 is 22.6 Å². The molecule has 0 bridgehead atoms. The summed E-state index contributed by atoms with van der Waals surface area (Å²) < 4.78 is 6.41. The van der Waals surface area contributed by atoms with Crippen LogP contribution in [0.25, 0.3) is 0 Å². The maximum Gasteiger partial charge on any atom is 0.334 e. The molecule has 0 N–H and O–H groups in total. The fourth-order valence-corrected chi connectivity index (χ4v) is 1.58. The second-order valence-electron chi connectivity index (χ2n) is 2.33. The molecule has 0 saturated heterocycles. The SMILES string of the molecule is COC(=O)C(=CI)C1CC1. The number of esters is 1. The summed E-state index contributed by atoms with van der Waals surface area (Å²) in [5.41, 5.74) is 0.836. The topological polar surface area (TPSA) is 26.3 Å². The van der Waals surface area contributed by atoms with Crippen LogP contribution < -0.4 is 0 Å². The summed E-state index contributed by atoms with van der Waals surface area (Å²) in [6, 6.07) is 0. The first kappa shape index (κ1) is 8.04. The van der Waals surface area contributed by atoms with Crippen LogP contribution in [0.3, 0.4) is 0 Å². The highest BCUT2D eigenvalue weighted by atomic mass is 127. The molecule has 0 radical (unpaired) electrons. The molecule has 0 aromatic rings. The lowest BCUT2D eigenvalue weighted by Gasteiger charge is -1.99. The maximum absolute atomic E-state index is 10.9. The van der Waals surface area contributed by atoms with Gasteiger partial charge in [0.05, 0.1) is 7.11 Å². The van der Waals surface area contributed by atoms with Crippen LogP contribution in [-0.2, 0) is 9.53 Å². The molecule has 1 aliphatic rings. The summed E-state index contributed by atoms with van der Waals surface area (Å²) in [7, 11) is 1.42. The predicted octanol–water partition coefficient (Wildman–Crippen LogP) is 1.89. The van der Waals surface area contributed by atoms with Gasteiger partial charge in [0.2, 0.25) is 0 Å². The lowest BCUT2D eigenvalue weighted by molar-refractivity contribution is -0.136. The Morgan fingerprint density at radius 3 is 2.60 bits per heavy atom. The first-order valence-electron chi connectivity index (χ1n) is 3.18. The molecule has 1 fully saturated rings. The van der Waals surface area contributed by atoms with Crippen molar-refractivity contribution in [2.45, 2.75) is 12.8 Å². The second-order valence-corrected chi connectivity index (χ2v) is 2.95. The lowest BCUT2D eigenvalue weighted by Crippen LogP contribution is -2.05. The van der Waals surface area contributed by atoms with Crippen molar-refractivity contribution in [3.8, 4) is 0 Å². The molecule has 1 saturated carbocycles. The van der Waals surface area contributed by atoms with Gasteiger partial charge in [-0.05, 0) is 22.8 Å². The lowest BCUT2D eigenvalue weighted by atomic mass is 10.2. The standard InChI is InChI=1S/C7H9IO2/c1-10-7(9)6(4-8)5-2-3-5/h4-5H,2-3H2,1H3. The van der Waals surface area contributed by atoms with Gasteiger partial charge in [-0.3, -0.25) is 0 Å². The first-order valence-corrected chi connectivity index (χ1v) is 4.42. The monoisotopic (exact) mass is 252 g/mol. The number of methoxy groups -OCH3 is 1. The van der Waals surface area contributed by atoms with Crippen LogP contribution in [0.4, 0.5) is 0 Å². The summed E-state index contributed by atoms with van der Waals surface area (Å²) in [5.74, 6) is 0.321. The zero-order valence-electron chi connectivity index (χ0n) is 5.76. The van der Waals surface area contributed by atoms with Crippen LogP contribution in [0.2, 0.25) is 0 Å². The molecule has 0 heterocycles. The van der Waals surface area contributed by atoms with E-state index in [9.17, 15) is 4.79 Å². The number of carbonyl (C=O) groups is 1. The van der Waals surface area contributed by atoms with Gasteiger partial charge in [-0.25, -0.2) is 4.79 Å². The number of hydrogen-bond acceptors (Lipinski definition) is 2. The summed E-state index contributed by atoms with van der Waals surface area (Å²) in [6.07, 6.45) is 2.29.